The number of rotatable bonds is 5. The number of esters is 1. The molecule has 6 heteroatoms. The van der Waals surface area contributed by atoms with Crippen LogP contribution in [0, 0.1) is 5.95 Å². The molecule has 1 amide bonds. The van der Waals surface area contributed by atoms with Gasteiger partial charge in [-0.1, -0.05) is 6.07 Å². The SMILES string of the molecule is CCOC(=O)CCN(C)C(=O)c1cccc(F)n1. The zero-order valence-electron chi connectivity index (χ0n) is 10.4. The summed E-state index contributed by atoms with van der Waals surface area (Å²) >= 11 is 0. The van der Waals surface area contributed by atoms with E-state index < -0.39 is 11.9 Å². The van der Waals surface area contributed by atoms with Gasteiger partial charge in [-0.3, -0.25) is 9.59 Å². The fraction of sp³-hybridized carbons (Fsp3) is 0.417. The molecule has 18 heavy (non-hydrogen) atoms. The summed E-state index contributed by atoms with van der Waals surface area (Å²) in [6.45, 7) is 2.22. The fourth-order valence-electron chi connectivity index (χ4n) is 1.32. The summed E-state index contributed by atoms with van der Waals surface area (Å²) in [6.07, 6.45) is 0.103. The number of hydrogen-bond donors (Lipinski definition) is 0. The van der Waals surface area contributed by atoms with E-state index in [1.54, 1.807) is 6.92 Å². The highest BCUT2D eigenvalue weighted by Gasteiger charge is 2.15. The van der Waals surface area contributed by atoms with E-state index in [0.717, 1.165) is 6.07 Å². The van der Waals surface area contributed by atoms with E-state index in [1.807, 2.05) is 0 Å². The standard InChI is InChI=1S/C12H15FN2O3/c1-3-18-11(16)7-8-15(2)12(17)9-5-4-6-10(13)14-9/h4-6H,3,7-8H2,1-2H3. The van der Waals surface area contributed by atoms with Gasteiger partial charge in [-0.15, -0.1) is 0 Å². The predicted molar refractivity (Wildman–Crippen MR) is 62.4 cm³/mol. The quantitative estimate of drug-likeness (QED) is 0.586. The van der Waals surface area contributed by atoms with Gasteiger partial charge in [-0.25, -0.2) is 4.98 Å². The number of amides is 1. The van der Waals surface area contributed by atoms with Crippen molar-refractivity contribution in [3.63, 3.8) is 0 Å². The highest BCUT2D eigenvalue weighted by molar-refractivity contribution is 5.92. The number of ether oxygens (including phenoxy) is 1. The third-order valence-electron chi connectivity index (χ3n) is 2.24. The van der Waals surface area contributed by atoms with E-state index in [2.05, 4.69) is 4.98 Å². The Bertz CT molecular complexity index is 437. The molecule has 1 rings (SSSR count). The molecular formula is C12H15FN2O3. The van der Waals surface area contributed by atoms with E-state index in [1.165, 1.54) is 24.1 Å². The third kappa shape index (κ3) is 4.12. The molecule has 1 aromatic rings. The average molecular weight is 254 g/mol. The maximum absolute atomic E-state index is 12.8. The van der Waals surface area contributed by atoms with Crippen molar-refractivity contribution in [3.05, 3.63) is 29.8 Å². The number of hydrogen-bond acceptors (Lipinski definition) is 4. The van der Waals surface area contributed by atoms with Gasteiger partial charge in [0.1, 0.15) is 5.69 Å². The summed E-state index contributed by atoms with van der Waals surface area (Å²) in [5.41, 5.74) is 0.0151. The molecule has 98 valence electrons. The molecule has 0 bridgehead atoms. The van der Waals surface area contributed by atoms with Crippen molar-refractivity contribution in [2.24, 2.45) is 0 Å². The molecule has 0 unspecified atom stereocenters. The Hall–Kier alpha value is -1.98. The molecule has 0 saturated heterocycles. The van der Waals surface area contributed by atoms with E-state index in [0.29, 0.717) is 6.61 Å². The third-order valence-corrected chi connectivity index (χ3v) is 2.24. The van der Waals surface area contributed by atoms with Gasteiger partial charge < -0.3 is 9.64 Å². The molecule has 0 aliphatic heterocycles. The summed E-state index contributed by atoms with van der Waals surface area (Å²) in [5, 5.41) is 0. The first kappa shape index (κ1) is 14.1. The molecular weight excluding hydrogens is 239 g/mol. The first-order chi connectivity index (χ1) is 8.54. The van der Waals surface area contributed by atoms with E-state index >= 15 is 0 Å². The summed E-state index contributed by atoms with van der Waals surface area (Å²) < 4.78 is 17.6. The van der Waals surface area contributed by atoms with Crippen molar-refractivity contribution in [1.82, 2.24) is 9.88 Å². The number of carbonyl (C=O) groups is 2. The first-order valence-corrected chi connectivity index (χ1v) is 5.58. The van der Waals surface area contributed by atoms with Gasteiger partial charge in [0.25, 0.3) is 5.91 Å². The number of nitrogens with zero attached hydrogens (tertiary/aromatic N) is 2. The van der Waals surface area contributed by atoms with Crippen molar-refractivity contribution < 1.29 is 18.7 Å². The Morgan fingerprint density at radius 3 is 2.78 bits per heavy atom. The molecule has 0 aliphatic carbocycles. The van der Waals surface area contributed by atoms with Crippen LogP contribution < -0.4 is 0 Å². The smallest absolute Gasteiger partial charge is 0.307 e. The van der Waals surface area contributed by atoms with Crippen LogP contribution >= 0.6 is 0 Å². The van der Waals surface area contributed by atoms with Crippen LogP contribution in [0.4, 0.5) is 4.39 Å². The van der Waals surface area contributed by atoms with Crippen molar-refractivity contribution in [3.8, 4) is 0 Å². The number of pyridine rings is 1. The van der Waals surface area contributed by atoms with Crippen LogP contribution in [0.15, 0.2) is 18.2 Å². The largest absolute Gasteiger partial charge is 0.466 e. The number of carbonyl (C=O) groups excluding carboxylic acids is 2. The van der Waals surface area contributed by atoms with Crippen LogP contribution in [0.5, 0.6) is 0 Å². The molecule has 0 N–H and O–H groups in total. The second-order valence-electron chi connectivity index (χ2n) is 3.63. The minimum atomic E-state index is -0.709. The molecule has 0 fully saturated rings. The van der Waals surface area contributed by atoms with E-state index in [-0.39, 0.29) is 24.6 Å². The zero-order chi connectivity index (χ0) is 13.5. The van der Waals surface area contributed by atoms with E-state index in [9.17, 15) is 14.0 Å². The number of halogens is 1. The summed E-state index contributed by atoms with van der Waals surface area (Å²) in [7, 11) is 1.52. The molecule has 0 spiro atoms. The first-order valence-electron chi connectivity index (χ1n) is 5.58. The van der Waals surface area contributed by atoms with Crippen LogP contribution in [0.3, 0.4) is 0 Å². The Balaban J connectivity index is 2.54. The van der Waals surface area contributed by atoms with Gasteiger partial charge in [0.2, 0.25) is 5.95 Å². The summed E-state index contributed by atoms with van der Waals surface area (Å²) in [5.74, 6) is -1.51. The van der Waals surface area contributed by atoms with Gasteiger partial charge in [0.15, 0.2) is 0 Å². The fourth-order valence-corrected chi connectivity index (χ4v) is 1.32. The van der Waals surface area contributed by atoms with Crippen molar-refractivity contribution in [1.29, 1.82) is 0 Å². The highest BCUT2D eigenvalue weighted by Crippen LogP contribution is 2.03. The van der Waals surface area contributed by atoms with Crippen molar-refractivity contribution in [2.75, 3.05) is 20.2 Å². The lowest BCUT2D eigenvalue weighted by Gasteiger charge is -2.15. The van der Waals surface area contributed by atoms with Crippen molar-refractivity contribution in [2.45, 2.75) is 13.3 Å². The minimum absolute atomic E-state index is 0.0151. The van der Waals surface area contributed by atoms with Crippen LogP contribution in [0.1, 0.15) is 23.8 Å². The lowest BCUT2D eigenvalue weighted by Crippen LogP contribution is -2.30. The van der Waals surface area contributed by atoms with Crippen LogP contribution in [-0.2, 0) is 9.53 Å². The summed E-state index contributed by atoms with van der Waals surface area (Å²) in [6, 6.07) is 4.00. The van der Waals surface area contributed by atoms with Crippen molar-refractivity contribution >= 4 is 11.9 Å². The topological polar surface area (TPSA) is 59.5 Å². The maximum Gasteiger partial charge on any atom is 0.307 e. The molecule has 0 radical (unpaired) electrons. The Morgan fingerprint density at radius 2 is 2.17 bits per heavy atom. The summed E-state index contributed by atoms with van der Waals surface area (Å²) in [4.78, 5) is 27.7. The lowest BCUT2D eigenvalue weighted by atomic mass is 10.3. The van der Waals surface area contributed by atoms with Crippen LogP contribution in [0.25, 0.3) is 0 Å². The van der Waals surface area contributed by atoms with Crippen LogP contribution in [0.2, 0.25) is 0 Å². The molecule has 5 nitrogen and oxygen atoms in total. The zero-order valence-corrected chi connectivity index (χ0v) is 10.4. The highest BCUT2D eigenvalue weighted by atomic mass is 19.1. The Morgan fingerprint density at radius 1 is 1.44 bits per heavy atom. The minimum Gasteiger partial charge on any atom is -0.466 e. The molecule has 1 aromatic heterocycles. The van der Waals surface area contributed by atoms with Gasteiger partial charge in [0, 0.05) is 13.6 Å². The lowest BCUT2D eigenvalue weighted by molar-refractivity contribution is -0.143. The second-order valence-corrected chi connectivity index (χ2v) is 3.63. The van der Waals surface area contributed by atoms with Crippen LogP contribution in [-0.4, -0.2) is 42.0 Å². The average Bonchev–Trinajstić information content (AvgIpc) is 2.35. The monoisotopic (exact) mass is 254 g/mol. The van der Waals surface area contributed by atoms with Gasteiger partial charge in [0.05, 0.1) is 13.0 Å². The van der Waals surface area contributed by atoms with Gasteiger partial charge in [-0.2, -0.15) is 4.39 Å². The molecule has 0 saturated carbocycles. The molecule has 1 heterocycles. The van der Waals surface area contributed by atoms with Gasteiger partial charge >= 0.3 is 5.97 Å². The molecule has 0 aliphatic rings. The molecule has 0 atom stereocenters. The second kappa shape index (κ2) is 6.68. The van der Waals surface area contributed by atoms with Gasteiger partial charge in [-0.05, 0) is 19.1 Å². The molecule has 0 aromatic carbocycles. The van der Waals surface area contributed by atoms with E-state index in [4.69, 9.17) is 4.74 Å². The number of aromatic nitrogens is 1. The predicted octanol–water partition coefficient (Wildman–Crippen LogP) is 1.25. The Labute approximate surface area is 105 Å². The Kier molecular flexibility index (Phi) is 5.23. The normalized spacial score (nSPS) is 9.94. The maximum atomic E-state index is 12.8.